The van der Waals surface area contributed by atoms with Crippen LogP contribution in [0.25, 0.3) is 0 Å². The fourth-order valence-electron chi connectivity index (χ4n) is 4.01. The average molecular weight is 451 g/mol. The van der Waals surface area contributed by atoms with Gasteiger partial charge >= 0.3 is 0 Å². The normalized spacial score (nSPS) is 15.0. The van der Waals surface area contributed by atoms with Gasteiger partial charge in [-0.3, -0.25) is 19.5 Å². The Kier molecular flexibility index (Phi) is 7.11. The van der Waals surface area contributed by atoms with Gasteiger partial charge in [-0.1, -0.05) is 25.3 Å². The van der Waals surface area contributed by atoms with E-state index in [1.54, 1.807) is 31.4 Å². The molecule has 1 aromatic carbocycles. The van der Waals surface area contributed by atoms with Crippen molar-refractivity contribution >= 4 is 28.8 Å². The van der Waals surface area contributed by atoms with Crippen LogP contribution in [0.5, 0.6) is 5.75 Å². The fourth-order valence-corrected chi connectivity index (χ4v) is 4.82. The molecule has 0 radical (unpaired) electrons. The number of carbonyl (C=O) groups excluding carboxylic acids is 2. The molecule has 8 heteroatoms. The van der Waals surface area contributed by atoms with Crippen molar-refractivity contribution in [2.75, 3.05) is 12.0 Å². The van der Waals surface area contributed by atoms with E-state index in [1.807, 2.05) is 17.5 Å². The van der Waals surface area contributed by atoms with Crippen LogP contribution in [0.2, 0.25) is 0 Å². The maximum atomic E-state index is 13.6. The summed E-state index contributed by atoms with van der Waals surface area (Å²) in [6.07, 6.45) is 9.74. The number of hydrogen-bond donors (Lipinski definition) is 1. The molecular weight excluding hydrogens is 424 g/mol. The van der Waals surface area contributed by atoms with Gasteiger partial charge < -0.3 is 10.1 Å². The summed E-state index contributed by atoms with van der Waals surface area (Å²) < 4.78 is 5.27. The van der Waals surface area contributed by atoms with Crippen molar-refractivity contribution in [3.05, 3.63) is 70.9 Å². The molecule has 7 nitrogen and oxygen atoms in total. The van der Waals surface area contributed by atoms with Crippen molar-refractivity contribution in [2.45, 2.75) is 44.2 Å². The first-order valence-corrected chi connectivity index (χ1v) is 11.6. The third kappa shape index (κ3) is 4.96. The highest BCUT2D eigenvalue weighted by Crippen LogP contribution is 2.33. The number of thiophene rings is 1. The van der Waals surface area contributed by atoms with Gasteiger partial charge in [-0.25, -0.2) is 4.98 Å². The zero-order valence-corrected chi connectivity index (χ0v) is 18.8. The van der Waals surface area contributed by atoms with Crippen LogP contribution >= 0.6 is 11.3 Å². The molecule has 1 saturated carbocycles. The van der Waals surface area contributed by atoms with E-state index >= 15 is 0 Å². The monoisotopic (exact) mass is 450 g/mol. The molecule has 0 unspecified atom stereocenters. The molecule has 0 spiro atoms. The van der Waals surface area contributed by atoms with Crippen LogP contribution in [-0.2, 0) is 4.79 Å². The second-order valence-corrected chi connectivity index (χ2v) is 8.70. The lowest BCUT2D eigenvalue weighted by molar-refractivity contribution is -0.123. The van der Waals surface area contributed by atoms with Gasteiger partial charge in [0.2, 0.25) is 5.91 Å². The Balaban J connectivity index is 1.74. The van der Waals surface area contributed by atoms with Gasteiger partial charge in [-0.05, 0) is 48.6 Å². The van der Waals surface area contributed by atoms with Crippen LogP contribution in [-0.4, -0.2) is 34.9 Å². The van der Waals surface area contributed by atoms with Crippen molar-refractivity contribution in [3.8, 4) is 5.75 Å². The van der Waals surface area contributed by atoms with Crippen molar-refractivity contribution in [2.24, 2.45) is 0 Å². The van der Waals surface area contributed by atoms with E-state index in [2.05, 4.69) is 15.3 Å². The number of aromatic nitrogens is 2. The molecule has 3 aromatic rings. The Labute approximate surface area is 191 Å². The SMILES string of the molecule is COc1ccc(N(C(=O)c2cnccn2)[C@@H](C(=O)NC2CCCCC2)c2cccs2)cc1. The Morgan fingerprint density at radius 3 is 2.53 bits per heavy atom. The molecule has 2 aromatic heterocycles. The first-order chi connectivity index (χ1) is 15.7. The molecule has 0 bridgehead atoms. The summed E-state index contributed by atoms with van der Waals surface area (Å²) in [7, 11) is 1.59. The minimum absolute atomic E-state index is 0.128. The lowest BCUT2D eigenvalue weighted by Crippen LogP contribution is -2.47. The molecule has 1 atom stereocenters. The summed E-state index contributed by atoms with van der Waals surface area (Å²) >= 11 is 1.45. The number of rotatable bonds is 7. The number of methoxy groups -OCH3 is 1. The summed E-state index contributed by atoms with van der Waals surface area (Å²) in [6, 6.07) is 10.2. The van der Waals surface area contributed by atoms with E-state index in [0.29, 0.717) is 11.4 Å². The number of nitrogens with zero attached hydrogens (tertiary/aromatic N) is 3. The fraction of sp³-hybridized carbons (Fsp3) is 0.333. The number of hydrogen-bond acceptors (Lipinski definition) is 6. The van der Waals surface area contributed by atoms with Crippen LogP contribution in [0.15, 0.2) is 60.4 Å². The van der Waals surface area contributed by atoms with Crippen LogP contribution in [0.3, 0.4) is 0 Å². The Bertz CT molecular complexity index is 1020. The van der Waals surface area contributed by atoms with Gasteiger partial charge in [-0.2, -0.15) is 0 Å². The number of anilines is 1. The van der Waals surface area contributed by atoms with Crippen molar-refractivity contribution in [3.63, 3.8) is 0 Å². The highest BCUT2D eigenvalue weighted by Gasteiger charge is 2.35. The quantitative estimate of drug-likeness (QED) is 0.577. The molecule has 166 valence electrons. The minimum atomic E-state index is -0.820. The molecule has 1 fully saturated rings. The Morgan fingerprint density at radius 2 is 1.91 bits per heavy atom. The van der Waals surface area contributed by atoms with Crippen LogP contribution in [0.4, 0.5) is 5.69 Å². The van der Waals surface area contributed by atoms with E-state index < -0.39 is 6.04 Å². The molecule has 0 aliphatic heterocycles. The molecule has 1 N–H and O–H groups in total. The topological polar surface area (TPSA) is 84.4 Å². The summed E-state index contributed by atoms with van der Waals surface area (Å²) in [4.78, 5) is 37.8. The number of nitrogens with one attached hydrogen (secondary N) is 1. The Morgan fingerprint density at radius 1 is 1.12 bits per heavy atom. The lowest BCUT2D eigenvalue weighted by atomic mass is 9.95. The standard InChI is InChI=1S/C24H26N4O3S/c1-31-19-11-9-18(10-12-19)28(24(30)20-16-25-13-14-26-20)22(21-8-5-15-32-21)23(29)27-17-6-3-2-4-7-17/h5,8-17,22H,2-4,6-7H2,1H3,(H,27,29)/t22-/m1/s1. The van der Waals surface area contributed by atoms with Gasteiger partial charge in [0, 0.05) is 29.0 Å². The van der Waals surface area contributed by atoms with Gasteiger partial charge in [0.15, 0.2) is 6.04 Å². The van der Waals surface area contributed by atoms with Gasteiger partial charge in [-0.15, -0.1) is 11.3 Å². The van der Waals surface area contributed by atoms with E-state index in [0.717, 1.165) is 30.6 Å². The second-order valence-electron chi connectivity index (χ2n) is 7.73. The molecule has 1 aliphatic carbocycles. The van der Waals surface area contributed by atoms with E-state index in [-0.39, 0.29) is 23.6 Å². The average Bonchev–Trinajstić information content (AvgIpc) is 3.37. The highest BCUT2D eigenvalue weighted by molar-refractivity contribution is 7.10. The number of carbonyl (C=O) groups is 2. The summed E-state index contributed by atoms with van der Waals surface area (Å²) in [5.41, 5.74) is 0.758. The van der Waals surface area contributed by atoms with Crippen molar-refractivity contribution in [1.82, 2.24) is 15.3 Å². The molecule has 0 saturated heterocycles. The zero-order chi connectivity index (χ0) is 22.3. The predicted octanol–water partition coefficient (Wildman–Crippen LogP) is 4.38. The van der Waals surface area contributed by atoms with Crippen molar-refractivity contribution < 1.29 is 14.3 Å². The van der Waals surface area contributed by atoms with Crippen LogP contribution in [0, 0.1) is 0 Å². The lowest BCUT2D eigenvalue weighted by Gasteiger charge is -2.32. The van der Waals surface area contributed by atoms with Gasteiger partial charge in [0.25, 0.3) is 5.91 Å². The third-order valence-corrected chi connectivity index (χ3v) is 6.55. The number of benzene rings is 1. The predicted molar refractivity (Wildman–Crippen MR) is 124 cm³/mol. The number of ether oxygens (including phenoxy) is 1. The summed E-state index contributed by atoms with van der Waals surface area (Å²) in [5.74, 6) is 0.0906. The largest absolute Gasteiger partial charge is 0.497 e. The molecular formula is C24H26N4O3S. The smallest absolute Gasteiger partial charge is 0.279 e. The third-order valence-electron chi connectivity index (χ3n) is 5.62. The Hall–Kier alpha value is -3.26. The van der Waals surface area contributed by atoms with Gasteiger partial charge in [0.05, 0.1) is 13.3 Å². The molecule has 2 heterocycles. The summed E-state index contributed by atoms with van der Waals surface area (Å²) in [6.45, 7) is 0. The second kappa shape index (κ2) is 10.4. The van der Waals surface area contributed by atoms with Crippen LogP contribution < -0.4 is 15.0 Å². The first kappa shape index (κ1) is 22.0. The van der Waals surface area contributed by atoms with Gasteiger partial charge in [0.1, 0.15) is 11.4 Å². The molecule has 2 amide bonds. The first-order valence-electron chi connectivity index (χ1n) is 10.7. The zero-order valence-electron chi connectivity index (χ0n) is 17.9. The minimum Gasteiger partial charge on any atom is -0.497 e. The molecule has 1 aliphatic rings. The molecule has 4 rings (SSSR count). The van der Waals surface area contributed by atoms with E-state index in [4.69, 9.17) is 4.74 Å². The van der Waals surface area contributed by atoms with Crippen molar-refractivity contribution in [1.29, 1.82) is 0 Å². The maximum absolute atomic E-state index is 13.6. The van der Waals surface area contributed by atoms with Crippen LogP contribution in [0.1, 0.15) is 53.5 Å². The van der Waals surface area contributed by atoms with E-state index in [9.17, 15) is 9.59 Å². The maximum Gasteiger partial charge on any atom is 0.279 e. The number of amides is 2. The van der Waals surface area contributed by atoms with E-state index in [1.165, 1.54) is 41.2 Å². The molecule has 32 heavy (non-hydrogen) atoms. The highest BCUT2D eigenvalue weighted by atomic mass is 32.1. The summed E-state index contributed by atoms with van der Waals surface area (Å²) in [5, 5.41) is 5.11.